The monoisotopic (exact) mass is 506 g/mol. The van der Waals surface area contributed by atoms with Crippen molar-refractivity contribution in [1.29, 1.82) is 0 Å². The molecule has 0 spiro atoms. The highest BCUT2D eigenvalue weighted by Crippen LogP contribution is 2.15. The molecule has 9 heteroatoms. The van der Waals surface area contributed by atoms with Crippen molar-refractivity contribution in [2.24, 2.45) is 5.92 Å². The van der Waals surface area contributed by atoms with Crippen LogP contribution < -0.4 is 10.6 Å². The third-order valence-corrected chi connectivity index (χ3v) is 6.20. The maximum atomic E-state index is 13.1. The molecule has 2 rings (SSSR count). The van der Waals surface area contributed by atoms with Gasteiger partial charge in [0.15, 0.2) is 5.78 Å². The van der Waals surface area contributed by atoms with Gasteiger partial charge in [-0.05, 0) is 48.6 Å². The third kappa shape index (κ3) is 11.0. The highest BCUT2D eigenvalue weighted by Gasteiger charge is 2.27. The summed E-state index contributed by atoms with van der Waals surface area (Å²) < 4.78 is 23.5. The van der Waals surface area contributed by atoms with Crippen molar-refractivity contribution in [2.75, 3.05) is 5.75 Å². The lowest BCUT2D eigenvalue weighted by atomic mass is 10.0. The average Bonchev–Trinajstić information content (AvgIpc) is 3.34. The summed E-state index contributed by atoms with van der Waals surface area (Å²) in [5.41, 5.74) is 0.628. The number of alkyl carbamates (subject to hydrolysis) is 1. The van der Waals surface area contributed by atoms with Crippen molar-refractivity contribution in [3.63, 3.8) is 0 Å². The zero-order valence-electron chi connectivity index (χ0n) is 20.6. The van der Waals surface area contributed by atoms with Crippen LogP contribution in [0.15, 0.2) is 47.1 Å². The molecule has 0 fully saturated rings. The molecule has 35 heavy (non-hydrogen) atoms. The molecular weight excluding hydrogens is 471 g/mol. The van der Waals surface area contributed by atoms with Crippen LogP contribution in [0.25, 0.3) is 0 Å². The Hall–Kier alpha value is -2.81. The lowest BCUT2D eigenvalue weighted by Crippen LogP contribution is -2.52. The first-order chi connectivity index (χ1) is 16.8. The van der Waals surface area contributed by atoms with Gasteiger partial charge in [-0.2, -0.15) is 0 Å². The van der Waals surface area contributed by atoms with E-state index in [4.69, 9.17) is 9.15 Å². The molecule has 0 radical (unpaired) electrons. The molecule has 0 bridgehead atoms. The van der Waals surface area contributed by atoms with Gasteiger partial charge in [0.1, 0.15) is 24.2 Å². The van der Waals surface area contributed by atoms with E-state index >= 15 is 0 Å². The fraction of sp³-hybridized carbons (Fsp3) is 0.500. The topological polar surface area (TPSA) is 97.6 Å². The van der Waals surface area contributed by atoms with Crippen LogP contribution in [0.3, 0.4) is 0 Å². The second-order valence-electron chi connectivity index (χ2n) is 8.77. The molecule has 1 heterocycles. The number of benzene rings is 1. The molecule has 0 saturated heterocycles. The van der Waals surface area contributed by atoms with Gasteiger partial charge in [0.2, 0.25) is 5.91 Å². The quantitative estimate of drug-likeness (QED) is 0.343. The van der Waals surface area contributed by atoms with Gasteiger partial charge < -0.3 is 19.8 Å². The zero-order chi connectivity index (χ0) is 25.6. The van der Waals surface area contributed by atoms with Crippen molar-refractivity contribution in [3.8, 4) is 0 Å². The van der Waals surface area contributed by atoms with E-state index in [1.807, 2.05) is 26.8 Å². The number of carbonyl (C=O) groups is 3. The van der Waals surface area contributed by atoms with Gasteiger partial charge in [-0.15, -0.1) is 11.8 Å². The Bertz CT molecular complexity index is 918. The Morgan fingerprint density at radius 3 is 2.46 bits per heavy atom. The molecule has 2 amide bonds. The number of furan rings is 1. The summed E-state index contributed by atoms with van der Waals surface area (Å²) in [6.45, 7) is 5.86. The number of ether oxygens (including phenoxy) is 1. The third-order valence-electron chi connectivity index (χ3n) is 5.22. The minimum Gasteiger partial charge on any atom is -0.468 e. The molecule has 0 saturated carbocycles. The summed E-state index contributed by atoms with van der Waals surface area (Å²) in [5, 5.41) is 5.46. The Morgan fingerprint density at radius 1 is 1.09 bits per heavy atom. The molecule has 1 aromatic heterocycles. The number of unbranched alkanes of at least 4 members (excludes halogenated alkanes) is 1. The van der Waals surface area contributed by atoms with Gasteiger partial charge in [0.25, 0.3) is 0 Å². The van der Waals surface area contributed by atoms with Crippen molar-refractivity contribution in [3.05, 3.63) is 59.8 Å². The zero-order valence-corrected chi connectivity index (χ0v) is 21.4. The average molecular weight is 507 g/mol. The normalized spacial score (nSPS) is 12.7. The van der Waals surface area contributed by atoms with Crippen molar-refractivity contribution >= 4 is 29.5 Å². The predicted octanol–water partition coefficient (Wildman–Crippen LogP) is 5.24. The molecule has 2 atom stereocenters. The summed E-state index contributed by atoms with van der Waals surface area (Å²) in [5.74, 6) is 0.878. The number of ketones is 1. The summed E-state index contributed by atoms with van der Waals surface area (Å²) >= 11 is 1.44. The molecule has 2 aromatic rings. The van der Waals surface area contributed by atoms with Crippen molar-refractivity contribution in [2.45, 2.75) is 70.9 Å². The van der Waals surface area contributed by atoms with E-state index in [1.54, 1.807) is 12.3 Å². The van der Waals surface area contributed by atoms with Gasteiger partial charge in [-0.1, -0.05) is 45.7 Å². The lowest BCUT2D eigenvalue weighted by Gasteiger charge is -2.24. The Morgan fingerprint density at radius 2 is 1.83 bits per heavy atom. The van der Waals surface area contributed by atoms with Crippen LogP contribution >= 0.6 is 11.8 Å². The second-order valence-corrected chi connectivity index (χ2v) is 9.76. The smallest absolute Gasteiger partial charge is 0.408 e. The van der Waals surface area contributed by atoms with E-state index in [0.29, 0.717) is 24.2 Å². The summed E-state index contributed by atoms with van der Waals surface area (Å²) in [6, 6.07) is 7.79. The second kappa shape index (κ2) is 15.2. The van der Waals surface area contributed by atoms with Gasteiger partial charge >= 0.3 is 6.09 Å². The summed E-state index contributed by atoms with van der Waals surface area (Å²) in [6.07, 6.45) is 3.45. The SMILES string of the molecule is CCCC[C@H](NC(=O)[C@H](CC(C)C)NC(=O)OCc1ccc(F)cc1)C(=O)CSCc1ccco1. The van der Waals surface area contributed by atoms with E-state index in [2.05, 4.69) is 10.6 Å². The molecule has 7 nitrogen and oxygen atoms in total. The van der Waals surface area contributed by atoms with Crippen molar-refractivity contribution < 1.29 is 27.9 Å². The first kappa shape index (κ1) is 28.4. The van der Waals surface area contributed by atoms with E-state index in [9.17, 15) is 18.8 Å². The van der Waals surface area contributed by atoms with E-state index < -0.39 is 24.1 Å². The number of amides is 2. The summed E-state index contributed by atoms with van der Waals surface area (Å²) in [7, 11) is 0. The minimum atomic E-state index is -0.844. The van der Waals surface area contributed by atoms with Gasteiger partial charge in [-0.3, -0.25) is 9.59 Å². The minimum absolute atomic E-state index is 0.0490. The summed E-state index contributed by atoms with van der Waals surface area (Å²) in [4.78, 5) is 38.3. The first-order valence-electron chi connectivity index (χ1n) is 11.9. The first-order valence-corrected chi connectivity index (χ1v) is 13.0. The van der Waals surface area contributed by atoms with Crippen LogP contribution in [0.4, 0.5) is 9.18 Å². The number of halogens is 1. The fourth-order valence-electron chi connectivity index (χ4n) is 3.36. The number of Topliss-reactive ketones (excluding diaryl/α,β-unsaturated/α-hetero) is 1. The molecular formula is C26H35FN2O5S. The van der Waals surface area contributed by atoms with Crippen LogP contribution in [0.5, 0.6) is 0 Å². The highest BCUT2D eigenvalue weighted by atomic mass is 32.2. The number of rotatable bonds is 15. The standard InChI is InChI=1S/C26H35FN2O5S/c1-4-5-8-22(24(30)17-35-16-21-7-6-13-33-21)28-25(31)23(14-18(2)3)29-26(32)34-15-19-9-11-20(27)12-10-19/h6-7,9-13,18,22-23H,4-5,8,14-17H2,1-3H3,(H,28,31)(H,29,32)/t22-,23-/m0/s1. The largest absolute Gasteiger partial charge is 0.468 e. The van der Waals surface area contributed by atoms with E-state index in [1.165, 1.54) is 36.0 Å². The van der Waals surface area contributed by atoms with E-state index in [-0.39, 0.29) is 29.9 Å². The Labute approximate surface area is 210 Å². The van der Waals surface area contributed by atoms with E-state index in [0.717, 1.165) is 18.6 Å². The van der Waals surface area contributed by atoms with Crippen LogP contribution in [0, 0.1) is 11.7 Å². The van der Waals surface area contributed by atoms with Crippen molar-refractivity contribution in [1.82, 2.24) is 10.6 Å². The van der Waals surface area contributed by atoms with Crippen LogP contribution in [0.2, 0.25) is 0 Å². The number of carbonyl (C=O) groups excluding carboxylic acids is 3. The predicted molar refractivity (Wildman–Crippen MR) is 134 cm³/mol. The molecule has 2 N–H and O–H groups in total. The molecule has 0 unspecified atom stereocenters. The Balaban J connectivity index is 1.93. The highest BCUT2D eigenvalue weighted by molar-refractivity contribution is 7.99. The van der Waals surface area contributed by atoms with Gasteiger partial charge in [-0.25, -0.2) is 9.18 Å². The number of thioether (sulfide) groups is 1. The number of hydrogen-bond acceptors (Lipinski definition) is 6. The molecule has 0 aliphatic heterocycles. The van der Waals surface area contributed by atoms with Crippen LogP contribution in [0.1, 0.15) is 57.8 Å². The number of hydrogen-bond donors (Lipinski definition) is 2. The van der Waals surface area contributed by atoms with Crippen LogP contribution in [-0.2, 0) is 26.7 Å². The molecule has 1 aromatic carbocycles. The lowest BCUT2D eigenvalue weighted by molar-refractivity contribution is -0.128. The maximum absolute atomic E-state index is 13.1. The molecule has 0 aliphatic carbocycles. The van der Waals surface area contributed by atoms with Gasteiger partial charge in [0, 0.05) is 0 Å². The molecule has 192 valence electrons. The van der Waals surface area contributed by atoms with Gasteiger partial charge in [0.05, 0.1) is 23.8 Å². The van der Waals surface area contributed by atoms with Crippen LogP contribution in [-0.4, -0.2) is 35.6 Å². The maximum Gasteiger partial charge on any atom is 0.408 e. The number of nitrogens with one attached hydrogen (secondary N) is 2. The fourth-order valence-corrected chi connectivity index (χ4v) is 4.23. The molecule has 0 aliphatic rings. The Kier molecular flexibility index (Phi) is 12.4.